The van der Waals surface area contributed by atoms with Crippen LogP contribution in [0.2, 0.25) is 0 Å². The minimum atomic E-state index is -0.516. The van der Waals surface area contributed by atoms with Gasteiger partial charge in [0.25, 0.3) is 0 Å². The monoisotopic (exact) mass is 183 g/mol. The van der Waals surface area contributed by atoms with E-state index in [1.807, 2.05) is 0 Å². The second kappa shape index (κ2) is 3.80. The molecule has 0 heterocycles. The largest absolute Gasteiger partial charge is 0.504 e. The Balaban J connectivity index is 2.90. The van der Waals surface area contributed by atoms with E-state index in [0.717, 1.165) is 6.07 Å². The quantitative estimate of drug-likeness (QED) is 0.535. The molecule has 1 aromatic carbocycles. The lowest BCUT2D eigenvalue weighted by Crippen LogP contribution is -2.03. The van der Waals surface area contributed by atoms with Crippen molar-refractivity contribution in [1.29, 1.82) is 0 Å². The maximum absolute atomic E-state index is 11.1. The Bertz CT molecular complexity index is 319. The van der Waals surface area contributed by atoms with E-state index in [1.54, 1.807) is 6.92 Å². The number of phenolic OH excluding ortho intramolecular Hbond substituents is 2. The van der Waals surface area contributed by atoms with Gasteiger partial charge in [-0.1, -0.05) is 0 Å². The van der Waals surface area contributed by atoms with Gasteiger partial charge in [0.1, 0.15) is 0 Å². The van der Waals surface area contributed by atoms with Crippen molar-refractivity contribution in [3.63, 3.8) is 0 Å². The number of carbonyl (C=O) groups is 1. The third kappa shape index (κ3) is 2.11. The van der Waals surface area contributed by atoms with E-state index in [0.29, 0.717) is 0 Å². The molecular weight excluding hydrogens is 173 g/mol. The van der Waals surface area contributed by atoms with Crippen molar-refractivity contribution in [3.05, 3.63) is 23.8 Å². The molecule has 0 aliphatic heterocycles. The molecule has 0 atom stereocenters. The third-order valence-corrected chi connectivity index (χ3v) is 1.49. The fourth-order valence-corrected chi connectivity index (χ4v) is 0.865. The van der Waals surface area contributed by atoms with E-state index in [1.165, 1.54) is 12.1 Å². The molecule has 0 saturated heterocycles. The van der Waals surface area contributed by atoms with Crippen LogP contribution in [-0.4, -0.2) is 22.8 Å². The SMILES string of the molecule is CCOC(=O)[13c]1ccc(O)c(O)c1. The highest BCUT2D eigenvalue weighted by atomic mass is 16.5. The number of esters is 1. The summed E-state index contributed by atoms with van der Waals surface area (Å²) < 4.78 is 4.69. The number of phenols is 2. The van der Waals surface area contributed by atoms with Crippen molar-refractivity contribution in [3.8, 4) is 11.5 Å². The van der Waals surface area contributed by atoms with Gasteiger partial charge in [0.15, 0.2) is 11.5 Å². The maximum Gasteiger partial charge on any atom is 0.338 e. The number of aromatic hydroxyl groups is 2. The van der Waals surface area contributed by atoms with Crippen LogP contribution in [0.1, 0.15) is 17.3 Å². The van der Waals surface area contributed by atoms with Crippen molar-refractivity contribution in [2.45, 2.75) is 6.92 Å². The second-order valence-electron chi connectivity index (χ2n) is 2.42. The van der Waals surface area contributed by atoms with E-state index in [2.05, 4.69) is 0 Å². The highest BCUT2D eigenvalue weighted by Gasteiger charge is 2.08. The Hall–Kier alpha value is -1.71. The van der Waals surface area contributed by atoms with Crippen LogP contribution in [0.3, 0.4) is 0 Å². The molecule has 4 heteroatoms. The highest BCUT2D eigenvalue weighted by Crippen LogP contribution is 2.24. The van der Waals surface area contributed by atoms with Gasteiger partial charge in [-0.15, -0.1) is 0 Å². The van der Waals surface area contributed by atoms with Gasteiger partial charge < -0.3 is 14.9 Å². The summed E-state index contributed by atoms with van der Waals surface area (Å²) in [6, 6.07) is 3.78. The summed E-state index contributed by atoms with van der Waals surface area (Å²) in [5.74, 6) is -1.10. The standard InChI is InChI=1S/C9H10O4/c1-2-13-9(12)6-3-4-7(10)8(11)5-6/h3-5,10-11H,2H2,1H3/i6+1. The summed E-state index contributed by atoms with van der Waals surface area (Å²) in [5, 5.41) is 18.0. The van der Waals surface area contributed by atoms with Gasteiger partial charge in [0, 0.05) is 0 Å². The Labute approximate surface area is 75.4 Å². The molecule has 1 rings (SSSR count). The zero-order valence-corrected chi connectivity index (χ0v) is 7.15. The van der Waals surface area contributed by atoms with Gasteiger partial charge in [-0.05, 0) is 25.1 Å². The molecule has 0 amide bonds. The van der Waals surface area contributed by atoms with E-state index in [-0.39, 0.29) is 23.7 Å². The number of benzene rings is 1. The number of rotatable bonds is 2. The smallest absolute Gasteiger partial charge is 0.338 e. The maximum atomic E-state index is 11.1. The van der Waals surface area contributed by atoms with Crippen LogP contribution in [-0.2, 0) is 4.74 Å². The number of carbonyl (C=O) groups excluding carboxylic acids is 1. The van der Waals surface area contributed by atoms with Gasteiger partial charge in [-0.25, -0.2) is 4.79 Å². The minimum Gasteiger partial charge on any atom is -0.504 e. The van der Waals surface area contributed by atoms with Crippen molar-refractivity contribution in [1.82, 2.24) is 0 Å². The lowest BCUT2D eigenvalue weighted by atomic mass is 10.3. The van der Waals surface area contributed by atoms with Crippen LogP contribution in [0.4, 0.5) is 0 Å². The zero-order valence-electron chi connectivity index (χ0n) is 7.15. The Kier molecular flexibility index (Phi) is 2.74. The number of ether oxygens (including phenoxy) is 1. The van der Waals surface area contributed by atoms with Crippen molar-refractivity contribution in [2.24, 2.45) is 0 Å². The summed E-state index contributed by atoms with van der Waals surface area (Å²) in [6.07, 6.45) is 0. The van der Waals surface area contributed by atoms with Gasteiger partial charge >= 0.3 is 5.97 Å². The highest BCUT2D eigenvalue weighted by molar-refractivity contribution is 5.90. The van der Waals surface area contributed by atoms with E-state index < -0.39 is 5.97 Å². The molecule has 0 radical (unpaired) electrons. The predicted molar refractivity (Wildman–Crippen MR) is 45.7 cm³/mol. The molecule has 70 valence electrons. The van der Waals surface area contributed by atoms with Gasteiger partial charge in [0.2, 0.25) is 0 Å². The molecule has 0 aliphatic rings. The Morgan fingerprint density at radius 1 is 1.38 bits per heavy atom. The molecule has 0 unspecified atom stereocenters. The summed E-state index contributed by atoms with van der Waals surface area (Å²) in [5.41, 5.74) is 0.220. The minimum absolute atomic E-state index is 0.220. The van der Waals surface area contributed by atoms with Crippen molar-refractivity contribution in [2.75, 3.05) is 6.61 Å². The summed E-state index contributed by atoms with van der Waals surface area (Å²) in [6.45, 7) is 1.97. The van der Waals surface area contributed by atoms with Crippen LogP contribution in [0.15, 0.2) is 18.2 Å². The first-order valence-corrected chi connectivity index (χ1v) is 3.84. The first-order chi connectivity index (χ1) is 6.15. The summed E-state index contributed by atoms with van der Waals surface area (Å²) in [7, 11) is 0. The predicted octanol–water partition coefficient (Wildman–Crippen LogP) is 1.27. The molecule has 0 aromatic heterocycles. The molecule has 0 spiro atoms. The Morgan fingerprint density at radius 3 is 2.62 bits per heavy atom. The molecular formula is C9H10O4. The molecule has 4 nitrogen and oxygen atoms in total. The van der Waals surface area contributed by atoms with Crippen LogP contribution in [0.5, 0.6) is 11.5 Å². The van der Waals surface area contributed by atoms with E-state index in [9.17, 15) is 4.79 Å². The zero-order chi connectivity index (χ0) is 9.84. The van der Waals surface area contributed by atoms with Gasteiger partial charge in [0.05, 0.1) is 12.2 Å². The molecule has 0 aliphatic carbocycles. The molecule has 0 fully saturated rings. The van der Waals surface area contributed by atoms with Crippen LogP contribution in [0, 0.1) is 0 Å². The summed E-state index contributed by atoms with van der Waals surface area (Å²) in [4.78, 5) is 11.1. The van der Waals surface area contributed by atoms with Gasteiger partial charge in [-0.2, -0.15) is 0 Å². The molecule has 0 saturated carbocycles. The van der Waals surface area contributed by atoms with E-state index in [4.69, 9.17) is 14.9 Å². The average Bonchev–Trinajstić information content (AvgIpc) is 2.10. The first-order valence-electron chi connectivity index (χ1n) is 3.84. The molecule has 13 heavy (non-hydrogen) atoms. The second-order valence-corrected chi connectivity index (χ2v) is 2.42. The first kappa shape index (κ1) is 9.38. The average molecular weight is 183 g/mol. The number of hydrogen-bond acceptors (Lipinski definition) is 4. The Morgan fingerprint density at radius 2 is 2.08 bits per heavy atom. The topological polar surface area (TPSA) is 66.8 Å². The van der Waals surface area contributed by atoms with Gasteiger partial charge in [-0.3, -0.25) is 0 Å². The van der Waals surface area contributed by atoms with Crippen LogP contribution >= 0.6 is 0 Å². The van der Waals surface area contributed by atoms with Crippen molar-refractivity contribution >= 4 is 5.97 Å². The third-order valence-electron chi connectivity index (χ3n) is 1.49. The lowest BCUT2D eigenvalue weighted by molar-refractivity contribution is 0.0526. The number of hydrogen-bond donors (Lipinski definition) is 2. The fourth-order valence-electron chi connectivity index (χ4n) is 0.865. The normalized spacial score (nSPS) is 9.62. The van der Waals surface area contributed by atoms with Crippen LogP contribution in [0.25, 0.3) is 0 Å². The molecule has 1 aromatic rings. The van der Waals surface area contributed by atoms with Crippen molar-refractivity contribution < 1.29 is 19.7 Å². The molecule has 2 N–H and O–H groups in total. The lowest BCUT2D eigenvalue weighted by Gasteiger charge is -2.02. The summed E-state index contributed by atoms with van der Waals surface area (Å²) >= 11 is 0. The van der Waals surface area contributed by atoms with Crippen LogP contribution < -0.4 is 0 Å². The fraction of sp³-hybridized carbons (Fsp3) is 0.222. The van der Waals surface area contributed by atoms with E-state index >= 15 is 0 Å². The molecule has 0 bridgehead atoms.